The van der Waals surface area contributed by atoms with Crippen LogP contribution in [0.15, 0.2) is 21.0 Å². The highest BCUT2D eigenvalue weighted by Gasteiger charge is 2.12. The molecule has 2 aromatic rings. The molecule has 0 bridgehead atoms. The Morgan fingerprint density at radius 3 is 2.67 bits per heavy atom. The topological polar surface area (TPSA) is 83.6 Å². The van der Waals surface area contributed by atoms with Crippen molar-refractivity contribution in [3.63, 3.8) is 0 Å². The highest BCUT2D eigenvalue weighted by atomic mass is 32.2. The maximum Gasteiger partial charge on any atom is 0.251 e. The normalized spacial score (nSPS) is 10.7. The molecule has 2 heterocycles. The van der Waals surface area contributed by atoms with E-state index in [1.54, 1.807) is 6.92 Å². The van der Waals surface area contributed by atoms with Gasteiger partial charge in [0, 0.05) is 30.8 Å². The maximum atomic E-state index is 11.5. The van der Waals surface area contributed by atoms with Gasteiger partial charge in [0.1, 0.15) is 16.7 Å². The Balaban J connectivity index is 2.42. The molecule has 0 aliphatic carbocycles. The first kappa shape index (κ1) is 15.5. The molecule has 2 N–H and O–H groups in total. The lowest BCUT2D eigenvalue weighted by Crippen LogP contribution is -2.09. The van der Waals surface area contributed by atoms with Crippen LogP contribution in [-0.4, -0.2) is 27.0 Å². The van der Waals surface area contributed by atoms with Gasteiger partial charge in [0.05, 0.1) is 0 Å². The Bertz CT molecular complexity index is 698. The molecule has 0 radical (unpaired) electrons. The third-order valence-electron chi connectivity index (χ3n) is 2.90. The summed E-state index contributed by atoms with van der Waals surface area (Å²) in [4.78, 5) is 27.6. The number of nitrogens with zero attached hydrogens (tertiary/aromatic N) is 3. The van der Waals surface area contributed by atoms with E-state index in [2.05, 4.69) is 32.2 Å². The highest BCUT2D eigenvalue weighted by Crippen LogP contribution is 2.28. The molecule has 2 rings (SSSR count). The van der Waals surface area contributed by atoms with Crippen LogP contribution in [0.25, 0.3) is 0 Å². The summed E-state index contributed by atoms with van der Waals surface area (Å²) in [5.41, 5.74) is 1.49. The van der Waals surface area contributed by atoms with E-state index in [0.29, 0.717) is 10.9 Å². The number of rotatable bonds is 5. The minimum absolute atomic E-state index is 0.153. The Morgan fingerprint density at radius 1 is 1.29 bits per heavy atom. The summed E-state index contributed by atoms with van der Waals surface area (Å²) in [6.45, 7) is 5.85. The molecule has 0 unspecified atom stereocenters. The summed E-state index contributed by atoms with van der Waals surface area (Å²) in [6.07, 6.45) is 1.80. The minimum Gasteiger partial charge on any atom is -0.373 e. The number of hydrogen-bond donors (Lipinski definition) is 2. The third-order valence-corrected chi connectivity index (χ3v) is 3.88. The summed E-state index contributed by atoms with van der Waals surface area (Å²) in [5.74, 6) is 1.61. The lowest BCUT2D eigenvalue weighted by molar-refractivity contribution is 0.801. The number of nitrogens with one attached hydrogen (secondary N) is 2. The quantitative estimate of drug-likeness (QED) is 0.651. The number of hydrogen-bond acceptors (Lipinski definition) is 6. The van der Waals surface area contributed by atoms with Crippen LogP contribution < -0.4 is 10.9 Å². The molecule has 0 amide bonds. The van der Waals surface area contributed by atoms with Gasteiger partial charge < -0.3 is 10.3 Å². The first-order valence-corrected chi connectivity index (χ1v) is 7.66. The van der Waals surface area contributed by atoms with Crippen molar-refractivity contribution in [2.24, 2.45) is 0 Å². The van der Waals surface area contributed by atoms with Crippen LogP contribution in [0.2, 0.25) is 0 Å². The van der Waals surface area contributed by atoms with Crippen molar-refractivity contribution in [1.82, 2.24) is 19.9 Å². The van der Waals surface area contributed by atoms with Crippen molar-refractivity contribution in [2.75, 3.05) is 12.4 Å². The first-order valence-electron chi connectivity index (χ1n) is 6.84. The molecular weight excluding hydrogens is 286 g/mol. The molecule has 21 heavy (non-hydrogen) atoms. The second-order valence-corrected chi connectivity index (χ2v) is 5.69. The van der Waals surface area contributed by atoms with Crippen molar-refractivity contribution in [1.29, 1.82) is 0 Å². The van der Waals surface area contributed by atoms with Gasteiger partial charge in [0.25, 0.3) is 5.56 Å². The van der Waals surface area contributed by atoms with Crippen LogP contribution in [0.4, 0.5) is 5.82 Å². The van der Waals surface area contributed by atoms with Crippen molar-refractivity contribution in [3.05, 3.63) is 33.5 Å². The van der Waals surface area contributed by atoms with Crippen molar-refractivity contribution >= 4 is 17.6 Å². The molecule has 7 heteroatoms. The molecule has 6 nitrogen and oxygen atoms in total. The number of aromatic nitrogens is 4. The SMILES string of the molecule is CCCc1nc(NC)c(C)c(Sc2nc(C)cc(=O)[nH]2)n1. The van der Waals surface area contributed by atoms with E-state index in [1.165, 1.54) is 17.8 Å². The fourth-order valence-electron chi connectivity index (χ4n) is 1.91. The number of H-pyrrole nitrogens is 1. The number of aromatic amines is 1. The van der Waals surface area contributed by atoms with Gasteiger partial charge in [-0.25, -0.2) is 15.0 Å². The molecule has 0 saturated heterocycles. The van der Waals surface area contributed by atoms with Gasteiger partial charge >= 0.3 is 0 Å². The molecular formula is C14H19N5OS. The smallest absolute Gasteiger partial charge is 0.251 e. The van der Waals surface area contributed by atoms with Gasteiger partial charge in [-0.1, -0.05) is 6.92 Å². The molecule has 2 aromatic heterocycles. The first-order chi connectivity index (χ1) is 10.0. The van der Waals surface area contributed by atoms with E-state index < -0.39 is 0 Å². The van der Waals surface area contributed by atoms with Gasteiger partial charge in [0.15, 0.2) is 5.16 Å². The van der Waals surface area contributed by atoms with E-state index in [9.17, 15) is 4.79 Å². The zero-order chi connectivity index (χ0) is 15.4. The van der Waals surface area contributed by atoms with E-state index in [1.807, 2.05) is 14.0 Å². The average molecular weight is 305 g/mol. The van der Waals surface area contributed by atoms with Gasteiger partial charge in [-0.2, -0.15) is 0 Å². The summed E-state index contributed by atoms with van der Waals surface area (Å²) < 4.78 is 0. The molecule has 112 valence electrons. The van der Waals surface area contributed by atoms with Crippen molar-refractivity contribution in [2.45, 2.75) is 43.8 Å². The molecule has 0 saturated carbocycles. The van der Waals surface area contributed by atoms with Gasteiger partial charge in [0.2, 0.25) is 0 Å². The van der Waals surface area contributed by atoms with E-state index in [-0.39, 0.29) is 5.56 Å². The van der Waals surface area contributed by atoms with Crippen molar-refractivity contribution in [3.8, 4) is 0 Å². The van der Waals surface area contributed by atoms with Gasteiger partial charge in [-0.15, -0.1) is 0 Å². The van der Waals surface area contributed by atoms with Crippen LogP contribution in [0.3, 0.4) is 0 Å². The van der Waals surface area contributed by atoms with Gasteiger partial charge in [-0.3, -0.25) is 4.79 Å². The third kappa shape index (κ3) is 3.81. The Morgan fingerprint density at radius 2 is 2.05 bits per heavy atom. The van der Waals surface area contributed by atoms with Crippen molar-refractivity contribution < 1.29 is 0 Å². The largest absolute Gasteiger partial charge is 0.373 e. The zero-order valence-electron chi connectivity index (χ0n) is 12.6. The highest BCUT2D eigenvalue weighted by molar-refractivity contribution is 7.99. The lowest BCUT2D eigenvalue weighted by Gasteiger charge is -2.11. The second kappa shape index (κ2) is 6.71. The predicted octanol–water partition coefficient (Wildman–Crippen LogP) is 2.32. The average Bonchev–Trinajstić information content (AvgIpc) is 2.41. The summed E-state index contributed by atoms with van der Waals surface area (Å²) in [6, 6.07) is 1.47. The molecule has 0 atom stereocenters. The standard InChI is InChI=1S/C14H19N5OS/c1-5-6-10-17-12(15-4)9(3)13(18-10)21-14-16-8(2)7-11(20)19-14/h7H,5-6H2,1-4H3,(H,15,17,18)(H,16,19,20). The van der Waals surface area contributed by atoms with Crippen LogP contribution in [0, 0.1) is 13.8 Å². The maximum absolute atomic E-state index is 11.5. The monoisotopic (exact) mass is 305 g/mol. The summed E-state index contributed by atoms with van der Waals surface area (Å²) in [7, 11) is 1.84. The van der Waals surface area contributed by atoms with Crippen LogP contribution in [0.5, 0.6) is 0 Å². The van der Waals surface area contributed by atoms with E-state index in [0.717, 1.165) is 35.1 Å². The molecule has 0 fully saturated rings. The fourth-order valence-corrected chi connectivity index (χ4v) is 2.84. The summed E-state index contributed by atoms with van der Waals surface area (Å²) >= 11 is 1.35. The molecule has 0 spiro atoms. The Labute approximate surface area is 127 Å². The zero-order valence-corrected chi connectivity index (χ0v) is 13.5. The predicted molar refractivity (Wildman–Crippen MR) is 84.0 cm³/mol. The fraction of sp³-hybridized carbons (Fsp3) is 0.429. The molecule has 0 aliphatic rings. The van der Waals surface area contributed by atoms with Crippen LogP contribution >= 0.6 is 11.8 Å². The second-order valence-electron chi connectivity index (χ2n) is 4.71. The lowest BCUT2D eigenvalue weighted by atomic mass is 10.3. The Hall–Kier alpha value is -1.89. The van der Waals surface area contributed by atoms with Crippen LogP contribution in [-0.2, 0) is 6.42 Å². The summed E-state index contributed by atoms with van der Waals surface area (Å²) in [5, 5.41) is 4.45. The Kier molecular flexibility index (Phi) is 4.95. The van der Waals surface area contributed by atoms with Gasteiger partial charge in [-0.05, 0) is 32.0 Å². The van der Waals surface area contributed by atoms with Crippen LogP contribution in [0.1, 0.15) is 30.4 Å². The molecule has 0 aromatic carbocycles. The number of aryl methyl sites for hydroxylation is 2. The minimum atomic E-state index is -0.153. The number of anilines is 1. The van der Waals surface area contributed by atoms with E-state index in [4.69, 9.17) is 0 Å². The van der Waals surface area contributed by atoms with E-state index >= 15 is 0 Å². The molecule has 0 aliphatic heterocycles.